The second kappa shape index (κ2) is 5.17. The molecule has 0 spiro atoms. The zero-order valence-corrected chi connectivity index (χ0v) is 12.2. The first-order chi connectivity index (χ1) is 10.0. The van der Waals surface area contributed by atoms with Gasteiger partial charge in [0.05, 0.1) is 29.5 Å². The average Bonchev–Trinajstić information content (AvgIpc) is 2.88. The lowest BCUT2D eigenvalue weighted by Gasteiger charge is -2.09. The quantitative estimate of drug-likeness (QED) is 0.773. The maximum Gasteiger partial charge on any atom is 0.236 e. The fourth-order valence-electron chi connectivity index (χ4n) is 2.08. The summed E-state index contributed by atoms with van der Waals surface area (Å²) in [4.78, 5) is 11.0. The molecule has 1 aromatic carbocycles. The number of H-pyrrole nitrogens is 1. The zero-order chi connectivity index (χ0) is 14.9. The minimum atomic E-state index is -3.49. The van der Waals surface area contributed by atoms with Gasteiger partial charge in [-0.05, 0) is 24.1 Å². The number of sulfonamides is 1. The van der Waals surface area contributed by atoms with Crippen LogP contribution in [0.3, 0.4) is 0 Å². The van der Waals surface area contributed by atoms with Gasteiger partial charge in [-0.3, -0.25) is 4.72 Å². The van der Waals surface area contributed by atoms with Crippen LogP contribution in [0.15, 0.2) is 42.9 Å². The average molecular weight is 302 g/mol. The third-order valence-electron chi connectivity index (χ3n) is 3.15. The van der Waals surface area contributed by atoms with E-state index in [1.54, 1.807) is 6.07 Å². The number of aromatic amines is 1. The van der Waals surface area contributed by atoms with Gasteiger partial charge in [-0.15, -0.1) is 0 Å². The van der Waals surface area contributed by atoms with Crippen LogP contribution in [0.1, 0.15) is 11.1 Å². The zero-order valence-electron chi connectivity index (χ0n) is 11.4. The van der Waals surface area contributed by atoms with Gasteiger partial charge >= 0.3 is 0 Å². The first kappa shape index (κ1) is 13.6. The van der Waals surface area contributed by atoms with E-state index in [9.17, 15) is 8.42 Å². The van der Waals surface area contributed by atoms with E-state index < -0.39 is 10.0 Å². The number of rotatable bonds is 4. The van der Waals surface area contributed by atoms with Gasteiger partial charge in [0.25, 0.3) is 0 Å². The Bertz CT molecular complexity index is 887. The molecule has 3 rings (SSSR count). The Morgan fingerprint density at radius 3 is 2.86 bits per heavy atom. The van der Waals surface area contributed by atoms with Crippen molar-refractivity contribution in [3.63, 3.8) is 0 Å². The molecule has 0 atom stereocenters. The number of hydrogen-bond acceptors (Lipinski definition) is 4. The molecule has 7 heteroatoms. The largest absolute Gasteiger partial charge is 0.343 e. The molecule has 0 unspecified atom stereocenters. The van der Waals surface area contributed by atoms with Crippen LogP contribution in [0.5, 0.6) is 0 Å². The highest BCUT2D eigenvalue weighted by atomic mass is 32.2. The molecule has 0 aliphatic rings. The predicted molar refractivity (Wildman–Crippen MR) is 81.3 cm³/mol. The van der Waals surface area contributed by atoms with E-state index in [1.807, 2.05) is 31.2 Å². The van der Waals surface area contributed by atoms with Crippen LogP contribution in [-0.4, -0.2) is 23.4 Å². The Morgan fingerprint density at radius 1 is 1.24 bits per heavy atom. The van der Waals surface area contributed by atoms with Gasteiger partial charge in [0.15, 0.2) is 5.65 Å². The van der Waals surface area contributed by atoms with Gasteiger partial charge in [0.2, 0.25) is 10.0 Å². The van der Waals surface area contributed by atoms with E-state index in [4.69, 9.17) is 0 Å². The number of hydrogen-bond donors (Lipinski definition) is 2. The summed E-state index contributed by atoms with van der Waals surface area (Å²) in [5.74, 6) is -0.0688. The number of fused-ring (bicyclic) bond motifs is 1. The van der Waals surface area contributed by atoms with Gasteiger partial charge in [-0.1, -0.05) is 24.3 Å². The highest BCUT2D eigenvalue weighted by Gasteiger charge is 2.14. The molecule has 2 heterocycles. The highest BCUT2D eigenvalue weighted by molar-refractivity contribution is 7.91. The molecule has 2 aromatic heterocycles. The Labute approximate surface area is 122 Å². The summed E-state index contributed by atoms with van der Waals surface area (Å²) in [6, 6.07) is 9.09. The number of aryl methyl sites for hydroxylation is 1. The topological polar surface area (TPSA) is 87.7 Å². The van der Waals surface area contributed by atoms with Crippen molar-refractivity contribution in [3.05, 3.63) is 54.0 Å². The Kier molecular flexibility index (Phi) is 3.34. The van der Waals surface area contributed by atoms with Crippen LogP contribution < -0.4 is 4.72 Å². The normalized spacial score (nSPS) is 11.7. The van der Waals surface area contributed by atoms with Crippen molar-refractivity contribution in [1.29, 1.82) is 0 Å². The van der Waals surface area contributed by atoms with Crippen molar-refractivity contribution >= 4 is 26.9 Å². The molecule has 0 saturated carbocycles. The maximum absolute atomic E-state index is 12.2. The molecule has 0 aliphatic heterocycles. The Hall–Kier alpha value is -2.41. The van der Waals surface area contributed by atoms with E-state index in [1.165, 1.54) is 12.5 Å². The van der Waals surface area contributed by atoms with Crippen LogP contribution in [0.2, 0.25) is 0 Å². The van der Waals surface area contributed by atoms with E-state index >= 15 is 0 Å². The fourth-order valence-corrected chi connectivity index (χ4v) is 3.35. The van der Waals surface area contributed by atoms with E-state index in [-0.39, 0.29) is 5.75 Å². The molecular weight excluding hydrogens is 288 g/mol. The van der Waals surface area contributed by atoms with Crippen molar-refractivity contribution in [2.75, 3.05) is 4.72 Å². The summed E-state index contributed by atoms with van der Waals surface area (Å²) < 4.78 is 27.0. The highest BCUT2D eigenvalue weighted by Crippen LogP contribution is 2.17. The molecule has 3 aromatic rings. The molecule has 0 aliphatic carbocycles. The smallest absolute Gasteiger partial charge is 0.236 e. The van der Waals surface area contributed by atoms with Gasteiger partial charge in [-0.2, -0.15) is 0 Å². The first-order valence-corrected chi connectivity index (χ1v) is 8.03. The lowest BCUT2D eigenvalue weighted by Crippen LogP contribution is -2.15. The first-order valence-electron chi connectivity index (χ1n) is 6.38. The summed E-state index contributed by atoms with van der Waals surface area (Å²) in [6.07, 6.45) is 2.97. The summed E-state index contributed by atoms with van der Waals surface area (Å²) in [5, 5.41) is 0. The van der Waals surface area contributed by atoms with E-state index in [0.29, 0.717) is 16.9 Å². The molecule has 0 saturated heterocycles. The second-order valence-electron chi connectivity index (χ2n) is 4.79. The Morgan fingerprint density at radius 2 is 2.05 bits per heavy atom. The summed E-state index contributed by atoms with van der Waals surface area (Å²) in [5.41, 5.74) is 3.38. The van der Waals surface area contributed by atoms with Gasteiger partial charge in [-0.25, -0.2) is 18.4 Å². The fraction of sp³-hybridized carbons (Fsp3) is 0.143. The van der Waals surface area contributed by atoms with Gasteiger partial charge < -0.3 is 4.98 Å². The second-order valence-corrected chi connectivity index (χ2v) is 6.51. The third kappa shape index (κ3) is 3.03. The van der Waals surface area contributed by atoms with Gasteiger partial charge in [0, 0.05) is 0 Å². The van der Waals surface area contributed by atoms with Crippen LogP contribution in [0.4, 0.5) is 5.69 Å². The van der Waals surface area contributed by atoms with Crippen molar-refractivity contribution in [3.8, 4) is 0 Å². The monoisotopic (exact) mass is 302 g/mol. The van der Waals surface area contributed by atoms with Crippen LogP contribution in [0.25, 0.3) is 11.2 Å². The number of pyridine rings is 1. The molecule has 0 bridgehead atoms. The number of nitrogens with zero attached hydrogens (tertiary/aromatic N) is 2. The van der Waals surface area contributed by atoms with Crippen molar-refractivity contribution in [2.45, 2.75) is 12.7 Å². The minimum Gasteiger partial charge on any atom is -0.343 e. The molecular formula is C14H14N4O2S. The van der Waals surface area contributed by atoms with Crippen molar-refractivity contribution in [2.24, 2.45) is 0 Å². The van der Waals surface area contributed by atoms with Crippen molar-refractivity contribution in [1.82, 2.24) is 15.0 Å². The van der Waals surface area contributed by atoms with Gasteiger partial charge in [0.1, 0.15) is 0 Å². The van der Waals surface area contributed by atoms with E-state index in [2.05, 4.69) is 19.7 Å². The lowest BCUT2D eigenvalue weighted by atomic mass is 10.1. The summed E-state index contributed by atoms with van der Waals surface area (Å²) in [6.45, 7) is 1.89. The molecule has 6 nitrogen and oxygen atoms in total. The van der Waals surface area contributed by atoms with Crippen molar-refractivity contribution < 1.29 is 8.42 Å². The molecule has 2 N–H and O–H groups in total. The maximum atomic E-state index is 12.2. The number of anilines is 1. The molecule has 21 heavy (non-hydrogen) atoms. The number of imidazole rings is 1. The molecule has 0 fully saturated rings. The SMILES string of the molecule is Cc1ccccc1CS(=O)(=O)Nc1cnc2nc[nH]c2c1. The van der Waals surface area contributed by atoms with Crippen LogP contribution in [0, 0.1) is 6.92 Å². The number of aromatic nitrogens is 3. The molecule has 0 radical (unpaired) electrons. The third-order valence-corrected chi connectivity index (χ3v) is 4.39. The number of nitrogens with one attached hydrogen (secondary N) is 2. The van der Waals surface area contributed by atoms with Crippen LogP contribution in [-0.2, 0) is 15.8 Å². The summed E-state index contributed by atoms with van der Waals surface area (Å²) >= 11 is 0. The predicted octanol–water partition coefficient (Wildman–Crippen LogP) is 2.21. The lowest BCUT2D eigenvalue weighted by molar-refractivity contribution is 0.600. The minimum absolute atomic E-state index is 0.0688. The molecule has 108 valence electrons. The van der Waals surface area contributed by atoms with Crippen LogP contribution >= 0.6 is 0 Å². The summed E-state index contributed by atoms with van der Waals surface area (Å²) in [7, 11) is -3.49. The Balaban J connectivity index is 1.84. The molecule has 0 amide bonds. The van der Waals surface area contributed by atoms with E-state index in [0.717, 1.165) is 11.1 Å². The number of benzene rings is 1. The standard InChI is InChI=1S/C14H14N4O2S/c1-10-4-2-3-5-11(10)8-21(19,20)18-12-6-13-14(15-7-12)17-9-16-13/h2-7,9,18H,8H2,1H3,(H,15,16,17).